The van der Waals surface area contributed by atoms with E-state index < -0.39 is 0 Å². The Hall–Kier alpha value is -1.18. The molecule has 1 aliphatic carbocycles. The molecule has 1 heterocycles. The van der Waals surface area contributed by atoms with Gasteiger partial charge in [-0.2, -0.15) is 0 Å². The van der Waals surface area contributed by atoms with Gasteiger partial charge in [0.15, 0.2) is 11.5 Å². The van der Waals surface area contributed by atoms with E-state index in [2.05, 4.69) is 0 Å². The highest BCUT2D eigenvalue weighted by Gasteiger charge is 2.35. The van der Waals surface area contributed by atoms with Crippen LogP contribution in [0.25, 0.3) is 0 Å². The molecule has 0 bridgehead atoms. The van der Waals surface area contributed by atoms with Crippen molar-refractivity contribution in [2.45, 2.75) is 31.5 Å². The zero-order valence-electron chi connectivity index (χ0n) is 7.40. The van der Waals surface area contributed by atoms with Gasteiger partial charge in [0.2, 0.25) is 0 Å². The topological polar surface area (TPSA) is 18.5 Å². The molecule has 0 aromatic heterocycles. The van der Waals surface area contributed by atoms with Gasteiger partial charge >= 0.3 is 0 Å². The van der Waals surface area contributed by atoms with E-state index in [0.29, 0.717) is 12.2 Å². The van der Waals surface area contributed by atoms with Gasteiger partial charge in [-0.3, -0.25) is 0 Å². The van der Waals surface area contributed by atoms with E-state index in [0.717, 1.165) is 24.3 Å². The third kappa shape index (κ3) is 1.09. The summed E-state index contributed by atoms with van der Waals surface area (Å²) < 4.78 is 11.7. The summed E-state index contributed by atoms with van der Waals surface area (Å²) >= 11 is 0. The van der Waals surface area contributed by atoms with Gasteiger partial charge in [0.05, 0.1) is 0 Å². The molecule has 2 nitrogen and oxygen atoms in total. The molecule has 0 radical (unpaired) electrons. The number of benzene rings is 1. The molecule has 0 amide bonds. The van der Waals surface area contributed by atoms with Crippen LogP contribution >= 0.6 is 0 Å². The lowest BCUT2D eigenvalue weighted by Gasteiger charge is -2.29. The molecule has 3 rings (SSSR count). The zero-order valence-corrected chi connectivity index (χ0v) is 7.40. The Labute approximate surface area is 77.5 Å². The molecule has 0 spiro atoms. The van der Waals surface area contributed by atoms with Gasteiger partial charge < -0.3 is 9.47 Å². The molecule has 1 aromatic carbocycles. The molecule has 0 saturated heterocycles. The minimum atomic E-state index is 0.301. The van der Waals surface area contributed by atoms with E-state index in [1.807, 2.05) is 24.3 Å². The van der Waals surface area contributed by atoms with E-state index in [1.165, 1.54) is 6.42 Å². The van der Waals surface area contributed by atoms with Gasteiger partial charge in [-0.15, -0.1) is 0 Å². The second kappa shape index (κ2) is 2.66. The summed E-state index contributed by atoms with van der Waals surface area (Å²) in [5.41, 5.74) is 0. The predicted octanol–water partition coefficient (Wildman–Crippen LogP) is 2.38. The van der Waals surface area contributed by atoms with Gasteiger partial charge in [-0.1, -0.05) is 12.1 Å². The van der Waals surface area contributed by atoms with Crippen LogP contribution in [0.2, 0.25) is 0 Å². The lowest BCUT2D eigenvalue weighted by atomic mass is 10.2. The molecule has 1 aliphatic heterocycles. The predicted molar refractivity (Wildman–Crippen MR) is 49.1 cm³/mol. The molecule has 68 valence electrons. The lowest BCUT2D eigenvalue weighted by molar-refractivity contribution is 0.0430. The first kappa shape index (κ1) is 7.25. The Morgan fingerprint density at radius 1 is 0.923 bits per heavy atom. The molecule has 2 aliphatic rings. The SMILES string of the molecule is c1ccc2c(c1)O[C@H]1CCC[C@@H]1O2. The second-order valence-electron chi connectivity index (χ2n) is 3.69. The molecule has 1 fully saturated rings. The van der Waals surface area contributed by atoms with Gasteiger partial charge in [0.25, 0.3) is 0 Å². The number of fused-ring (bicyclic) bond motifs is 2. The summed E-state index contributed by atoms with van der Waals surface area (Å²) in [6, 6.07) is 7.92. The molecule has 2 atom stereocenters. The molecule has 0 N–H and O–H groups in total. The summed E-state index contributed by atoms with van der Waals surface area (Å²) in [6.45, 7) is 0. The van der Waals surface area contributed by atoms with Crippen molar-refractivity contribution in [3.05, 3.63) is 24.3 Å². The maximum Gasteiger partial charge on any atom is 0.161 e. The first-order valence-electron chi connectivity index (χ1n) is 4.86. The van der Waals surface area contributed by atoms with Crippen LogP contribution in [0, 0.1) is 0 Å². The maximum atomic E-state index is 5.83. The fourth-order valence-electron chi connectivity index (χ4n) is 2.13. The van der Waals surface area contributed by atoms with Crippen LogP contribution in [0.5, 0.6) is 11.5 Å². The maximum absolute atomic E-state index is 5.83. The number of ether oxygens (including phenoxy) is 2. The highest BCUT2D eigenvalue weighted by atomic mass is 16.6. The Kier molecular flexibility index (Phi) is 1.48. The number of para-hydroxylation sites is 2. The zero-order chi connectivity index (χ0) is 8.67. The van der Waals surface area contributed by atoms with Crippen LogP contribution in [0.3, 0.4) is 0 Å². The molecular formula is C11H12O2. The van der Waals surface area contributed by atoms with E-state index >= 15 is 0 Å². The minimum Gasteiger partial charge on any atom is -0.483 e. The number of hydrogen-bond donors (Lipinski definition) is 0. The van der Waals surface area contributed by atoms with E-state index in [9.17, 15) is 0 Å². The average Bonchev–Trinajstić information content (AvgIpc) is 2.61. The van der Waals surface area contributed by atoms with Crippen molar-refractivity contribution in [3.8, 4) is 11.5 Å². The molecule has 0 unspecified atom stereocenters. The fourth-order valence-corrected chi connectivity index (χ4v) is 2.13. The van der Waals surface area contributed by atoms with Crippen molar-refractivity contribution in [3.63, 3.8) is 0 Å². The van der Waals surface area contributed by atoms with Crippen LogP contribution in [-0.2, 0) is 0 Å². The first-order valence-corrected chi connectivity index (χ1v) is 4.86. The van der Waals surface area contributed by atoms with E-state index in [4.69, 9.17) is 9.47 Å². The summed E-state index contributed by atoms with van der Waals surface area (Å²) in [5, 5.41) is 0. The smallest absolute Gasteiger partial charge is 0.161 e. The molecule has 13 heavy (non-hydrogen) atoms. The molecular weight excluding hydrogens is 164 g/mol. The fraction of sp³-hybridized carbons (Fsp3) is 0.455. The average molecular weight is 176 g/mol. The van der Waals surface area contributed by atoms with Crippen LogP contribution < -0.4 is 9.47 Å². The largest absolute Gasteiger partial charge is 0.483 e. The van der Waals surface area contributed by atoms with Crippen LogP contribution in [-0.4, -0.2) is 12.2 Å². The van der Waals surface area contributed by atoms with Gasteiger partial charge in [0.1, 0.15) is 12.2 Å². The number of rotatable bonds is 0. The lowest BCUT2D eigenvalue weighted by Crippen LogP contribution is -2.34. The van der Waals surface area contributed by atoms with E-state index in [1.54, 1.807) is 0 Å². The van der Waals surface area contributed by atoms with Gasteiger partial charge in [0, 0.05) is 0 Å². The van der Waals surface area contributed by atoms with Crippen molar-refractivity contribution in [1.82, 2.24) is 0 Å². The third-order valence-corrected chi connectivity index (χ3v) is 2.80. The molecule has 1 aromatic rings. The third-order valence-electron chi connectivity index (χ3n) is 2.80. The summed E-state index contributed by atoms with van der Waals surface area (Å²) in [5.74, 6) is 1.82. The standard InChI is InChI=1S/C11H12O2/c1-2-5-9-8(4-1)12-10-6-3-7-11(10)13-9/h1-2,4-5,10-11H,3,6-7H2/t10-,11-/m0/s1. The van der Waals surface area contributed by atoms with Crippen molar-refractivity contribution in [2.24, 2.45) is 0 Å². The monoisotopic (exact) mass is 176 g/mol. The van der Waals surface area contributed by atoms with Crippen LogP contribution in [0.4, 0.5) is 0 Å². The molecule has 1 saturated carbocycles. The highest BCUT2D eigenvalue weighted by molar-refractivity contribution is 5.41. The normalized spacial score (nSPS) is 29.8. The summed E-state index contributed by atoms with van der Waals surface area (Å²) in [6.07, 6.45) is 4.10. The Bertz CT molecular complexity index is 291. The van der Waals surface area contributed by atoms with Crippen LogP contribution in [0.1, 0.15) is 19.3 Å². The van der Waals surface area contributed by atoms with Gasteiger partial charge in [-0.05, 0) is 31.4 Å². The first-order chi connectivity index (χ1) is 6.43. The number of hydrogen-bond acceptors (Lipinski definition) is 2. The molecule has 2 heteroatoms. The summed E-state index contributed by atoms with van der Waals surface area (Å²) in [7, 11) is 0. The Balaban J connectivity index is 1.97. The van der Waals surface area contributed by atoms with Crippen LogP contribution in [0.15, 0.2) is 24.3 Å². The van der Waals surface area contributed by atoms with Crippen molar-refractivity contribution >= 4 is 0 Å². The highest BCUT2D eigenvalue weighted by Crippen LogP contribution is 2.38. The Morgan fingerprint density at radius 2 is 1.46 bits per heavy atom. The minimum absolute atomic E-state index is 0.301. The summed E-state index contributed by atoms with van der Waals surface area (Å²) in [4.78, 5) is 0. The van der Waals surface area contributed by atoms with Crippen molar-refractivity contribution in [1.29, 1.82) is 0 Å². The quantitative estimate of drug-likeness (QED) is 0.604. The van der Waals surface area contributed by atoms with Crippen molar-refractivity contribution < 1.29 is 9.47 Å². The van der Waals surface area contributed by atoms with Crippen molar-refractivity contribution in [2.75, 3.05) is 0 Å². The van der Waals surface area contributed by atoms with E-state index in [-0.39, 0.29) is 0 Å². The Morgan fingerprint density at radius 3 is 2.00 bits per heavy atom. The van der Waals surface area contributed by atoms with Gasteiger partial charge in [-0.25, -0.2) is 0 Å². The second-order valence-corrected chi connectivity index (χ2v) is 3.69.